The summed E-state index contributed by atoms with van der Waals surface area (Å²) in [7, 11) is -3.85. The normalized spacial score (nSPS) is 14.4. The first kappa shape index (κ1) is 29.7. The zero-order valence-corrected chi connectivity index (χ0v) is 20.9. The Morgan fingerprint density at radius 1 is 0.973 bits per heavy atom. The standard InChI is InChI=1S/C22H28N2O5S.C2HF3O2/c1-2-29-18-9-11-19(12-10-18)30(27,28)23-17-8-13-21(20(16-17)22(25)26)24-14-6-4-3-5-7-15-24;3-2(4,5)1(6)7/h8-13,16,23H,2-7,14-15H2,1H3,(H,25,26);(H,6,7). The van der Waals surface area contributed by atoms with Crippen LogP contribution in [0.1, 0.15) is 49.4 Å². The lowest BCUT2D eigenvalue weighted by Crippen LogP contribution is -2.28. The van der Waals surface area contributed by atoms with Crippen LogP contribution in [0.25, 0.3) is 0 Å². The van der Waals surface area contributed by atoms with Crippen molar-refractivity contribution in [3.63, 3.8) is 0 Å². The van der Waals surface area contributed by atoms with Crippen molar-refractivity contribution in [2.75, 3.05) is 29.3 Å². The second kappa shape index (κ2) is 13.2. The van der Waals surface area contributed by atoms with Gasteiger partial charge in [0.1, 0.15) is 5.75 Å². The summed E-state index contributed by atoms with van der Waals surface area (Å²) in [6.07, 6.45) is 0.444. The first-order valence-corrected chi connectivity index (χ1v) is 13.0. The topological polar surface area (TPSA) is 133 Å². The molecule has 0 unspecified atom stereocenters. The minimum Gasteiger partial charge on any atom is -0.494 e. The van der Waals surface area contributed by atoms with Gasteiger partial charge >= 0.3 is 18.1 Å². The summed E-state index contributed by atoms with van der Waals surface area (Å²) in [5, 5.41) is 16.9. The van der Waals surface area contributed by atoms with Gasteiger partial charge in [0.05, 0.1) is 22.8 Å². The van der Waals surface area contributed by atoms with E-state index < -0.39 is 28.1 Å². The number of ether oxygens (including phenoxy) is 1. The van der Waals surface area contributed by atoms with Crippen LogP contribution in [-0.2, 0) is 14.8 Å². The van der Waals surface area contributed by atoms with Crippen LogP contribution in [-0.4, -0.2) is 56.4 Å². The second-order valence-corrected chi connectivity index (χ2v) is 9.79. The quantitative estimate of drug-likeness (QED) is 0.443. The summed E-state index contributed by atoms with van der Waals surface area (Å²) < 4.78 is 65.0. The minimum atomic E-state index is -5.08. The molecule has 13 heteroatoms. The Bertz CT molecular complexity index is 1160. The highest BCUT2D eigenvalue weighted by atomic mass is 32.2. The number of carboxylic acids is 2. The molecule has 0 aromatic heterocycles. The fourth-order valence-electron chi connectivity index (χ4n) is 3.63. The summed E-state index contributed by atoms with van der Waals surface area (Å²) >= 11 is 0. The molecule has 0 saturated carbocycles. The molecule has 0 amide bonds. The monoisotopic (exact) mass is 546 g/mol. The maximum absolute atomic E-state index is 12.7. The number of carboxylic acid groups (broad SMARTS) is 2. The number of aliphatic carboxylic acids is 1. The second-order valence-electron chi connectivity index (χ2n) is 8.10. The number of sulfonamides is 1. The van der Waals surface area contributed by atoms with Gasteiger partial charge in [0, 0.05) is 18.8 Å². The maximum atomic E-state index is 12.7. The Labute approximate surface area is 212 Å². The van der Waals surface area contributed by atoms with E-state index in [0.29, 0.717) is 18.0 Å². The van der Waals surface area contributed by atoms with E-state index in [1.807, 2.05) is 6.92 Å². The van der Waals surface area contributed by atoms with Crippen LogP contribution >= 0.6 is 0 Å². The lowest BCUT2D eigenvalue weighted by molar-refractivity contribution is -0.192. The van der Waals surface area contributed by atoms with Gasteiger partial charge in [0.15, 0.2) is 0 Å². The molecule has 1 aliphatic rings. The molecular weight excluding hydrogens is 517 g/mol. The lowest BCUT2D eigenvalue weighted by atomic mass is 10.1. The summed E-state index contributed by atoms with van der Waals surface area (Å²) in [5.74, 6) is -3.25. The highest BCUT2D eigenvalue weighted by Gasteiger charge is 2.38. The molecule has 37 heavy (non-hydrogen) atoms. The van der Waals surface area contributed by atoms with E-state index in [-0.39, 0.29) is 16.1 Å². The van der Waals surface area contributed by atoms with Crippen LogP contribution in [0.4, 0.5) is 24.5 Å². The van der Waals surface area contributed by atoms with Crippen molar-refractivity contribution in [3.8, 4) is 5.75 Å². The Hall–Kier alpha value is -3.48. The van der Waals surface area contributed by atoms with Crippen molar-refractivity contribution in [1.82, 2.24) is 0 Å². The first-order valence-electron chi connectivity index (χ1n) is 11.5. The molecule has 3 rings (SSSR count). The van der Waals surface area contributed by atoms with E-state index >= 15 is 0 Å². The van der Waals surface area contributed by atoms with Crippen molar-refractivity contribution >= 4 is 33.3 Å². The predicted octanol–water partition coefficient (Wildman–Crippen LogP) is 4.99. The number of rotatable bonds is 7. The van der Waals surface area contributed by atoms with Crippen molar-refractivity contribution in [1.29, 1.82) is 0 Å². The number of benzene rings is 2. The number of nitrogens with one attached hydrogen (secondary N) is 1. The number of aromatic carboxylic acids is 1. The zero-order chi connectivity index (χ0) is 27.6. The van der Waals surface area contributed by atoms with E-state index in [2.05, 4.69) is 9.62 Å². The largest absolute Gasteiger partial charge is 0.494 e. The molecule has 9 nitrogen and oxygen atoms in total. The molecule has 0 spiro atoms. The molecule has 2 aromatic rings. The van der Waals surface area contributed by atoms with Crippen LogP contribution in [0, 0.1) is 0 Å². The fraction of sp³-hybridized carbons (Fsp3) is 0.417. The number of carbonyl (C=O) groups is 2. The van der Waals surface area contributed by atoms with Crippen LogP contribution in [0.5, 0.6) is 5.75 Å². The van der Waals surface area contributed by atoms with Crippen molar-refractivity contribution in [2.24, 2.45) is 0 Å². The Kier molecular flexibility index (Phi) is 10.6. The van der Waals surface area contributed by atoms with Gasteiger partial charge in [0.2, 0.25) is 0 Å². The van der Waals surface area contributed by atoms with Crippen molar-refractivity contribution in [2.45, 2.75) is 50.1 Å². The number of hydrogen-bond donors (Lipinski definition) is 3. The minimum absolute atomic E-state index is 0.0793. The summed E-state index contributed by atoms with van der Waals surface area (Å²) in [6, 6.07) is 10.8. The van der Waals surface area contributed by atoms with Gasteiger partial charge in [-0.05, 0) is 62.2 Å². The van der Waals surface area contributed by atoms with Gasteiger partial charge < -0.3 is 19.8 Å². The summed E-state index contributed by atoms with van der Waals surface area (Å²) in [6.45, 7) is 3.95. The molecule has 0 atom stereocenters. The van der Waals surface area contributed by atoms with Crippen LogP contribution in [0.15, 0.2) is 47.4 Å². The van der Waals surface area contributed by atoms with Gasteiger partial charge in [-0.1, -0.05) is 19.3 Å². The molecule has 0 bridgehead atoms. The summed E-state index contributed by atoms with van der Waals surface area (Å²) in [5.41, 5.74) is 0.952. The molecule has 0 aliphatic carbocycles. The van der Waals surface area contributed by atoms with Crippen LogP contribution < -0.4 is 14.4 Å². The summed E-state index contributed by atoms with van der Waals surface area (Å²) in [4.78, 5) is 23.0. The third kappa shape index (κ3) is 9.16. The fourth-order valence-corrected chi connectivity index (χ4v) is 4.68. The zero-order valence-electron chi connectivity index (χ0n) is 20.1. The van der Waals surface area contributed by atoms with Crippen LogP contribution in [0.2, 0.25) is 0 Å². The average molecular weight is 547 g/mol. The third-order valence-corrected chi connectivity index (χ3v) is 6.76. The number of anilines is 2. The Morgan fingerprint density at radius 3 is 2.00 bits per heavy atom. The molecular formula is C24H29F3N2O7S. The number of halogens is 3. The van der Waals surface area contributed by atoms with Gasteiger partial charge in [0.25, 0.3) is 10.0 Å². The van der Waals surface area contributed by atoms with Crippen LogP contribution in [0.3, 0.4) is 0 Å². The lowest BCUT2D eigenvalue weighted by Gasteiger charge is -2.28. The highest BCUT2D eigenvalue weighted by molar-refractivity contribution is 7.92. The predicted molar refractivity (Wildman–Crippen MR) is 131 cm³/mol. The Balaban J connectivity index is 0.000000604. The van der Waals surface area contributed by atoms with Gasteiger partial charge in [-0.15, -0.1) is 0 Å². The van der Waals surface area contributed by atoms with E-state index in [4.69, 9.17) is 14.6 Å². The maximum Gasteiger partial charge on any atom is 0.490 e. The molecule has 1 heterocycles. The molecule has 3 N–H and O–H groups in total. The Morgan fingerprint density at radius 2 is 1.51 bits per heavy atom. The molecule has 2 aromatic carbocycles. The highest BCUT2D eigenvalue weighted by Crippen LogP contribution is 2.28. The van der Waals surface area contributed by atoms with E-state index in [1.165, 1.54) is 24.6 Å². The van der Waals surface area contributed by atoms with E-state index in [0.717, 1.165) is 38.8 Å². The average Bonchev–Trinajstić information content (AvgIpc) is 2.79. The van der Waals surface area contributed by atoms with Gasteiger partial charge in [-0.2, -0.15) is 13.2 Å². The van der Waals surface area contributed by atoms with Gasteiger partial charge in [-0.25, -0.2) is 18.0 Å². The van der Waals surface area contributed by atoms with Crippen molar-refractivity contribution < 1.29 is 46.1 Å². The molecule has 1 aliphatic heterocycles. The first-order chi connectivity index (χ1) is 17.3. The molecule has 0 radical (unpaired) electrons. The van der Waals surface area contributed by atoms with E-state index in [1.54, 1.807) is 24.3 Å². The third-order valence-electron chi connectivity index (χ3n) is 5.36. The molecule has 1 fully saturated rings. The molecule has 204 valence electrons. The molecule has 1 saturated heterocycles. The van der Waals surface area contributed by atoms with Gasteiger partial charge in [-0.3, -0.25) is 4.72 Å². The number of hydrogen-bond acceptors (Lipinski definition) is 6. The number of alkyl halides is 3. The van der Waals surface area contributed by atoms with E-state index in [9.17, 15) is 31.5 Å². The smallest absolute Gasteiger partial charge is 0.490 e. The SMILES string of the molecule is CCOc1ccc(S(=O)(=O)Nc2ccc(N3CCCCCCC3)c(C(=O)O)c2)cc1.O=C(O)C(F)(F)F. The number of nitrogens with zero attached hydrogens (tertiary/aromatic N) is 1. The van der Waals surface area contributed by atoms with Crippen molar-refractivity contribution in [3.05, 3.63) is 48.0 Å².